The maximum Gasteiger partial charge on any atom is 0.410 e. The number of benzene rings is 1. The number of amides is 1. The molecule has 1 aliphatic rings. The smallest absolute Gasteiger partial charge is 0.410 e. The maximum absolute atomic E-state index is 12.3. The molecule has 5 nitrogen and oxygen atoms in total. The van der Waals surface area contributed by atoms with Gasteiger partial charge in [0.05, 0.1) is 13.0 Å². The molecule has 1 aromatic carbocycles. The number of hydrogen-bond acceptors (Lipinski definition) is 5. The number of rotatable bonds is 6. The van der Waals surface area contributed by atoms with E-state index in [0.29, 0.717) is 26.1 Å². The highest BCUT2D eigenvalue weighted by molar-refractivity contribution is 7.99. The summed E-state index contributed by atoms with van der Waals surface area (Å²) in [4.78, 5) is 26.3. The van der Waals surface area contributed by atoms with Crippen molar-refractivity contribution in [2.45, 2.75) is 63.1 Å². The Morgan fingerprint density at radius 1 is 1.15 bits per heavy atom. The van der Waals surface area contributed by atoms with Gasteiger partial charge in [-0.15, -0.1) is 11.8 Å². The summed E-state index contributed by atoms with van der Waals surface area (Å²) in [6, 6.07) is 10.3. The molecule has 0 unspecified atom stereocenters. The van der Waals surface area contributed by atoms with Crippen molar-refractivity contribution in [3.8, 4) is 0 Å². The molecule has 0 bridgehead atoms. The second-order valence-corrected chi connectivity index (χ2v) is 9.35. The van der Waals surface area contributed by atoms with Crippen LogP contribution in [-0.2, 0) is 20.0 Å². The quantitative estimate of drug-likeness (QED) is 0.659. The van der Waals surface area contributed by atoms with Gasteiger partial charge in [-0.25, -0.2) is 4.79 Å². The van der Waals surface area contributed by atoms with Crippen molar-refractivity contribution in [3.05, 3.63) is 35.9 Å². The van der Waals surface area contributed by atoms with Crippen LogP contribution >= 0.6 is 11.8 Å². The van der Waals surface area contributed by atoms with E-state index < -0.39 is 5.60 Å². The molecule has 1 aromatic rings. The number of nitrogens with zero attached hydrogens (tertiary/aromatic N) is 1. The fourth-order valence-corrected chi connectivity index (χ4v) is 4.44. The number of thioether (sulfide) groups is 1. The van der Waals surface area contributed by atoms with Crippen molar-refractivity contribution in [1.29, 1.82) is 0 Å². The molecule has 27 heavy (non-hydrogen) atoms. The minimum absolute atomic E-state index is 0.163. The van der Waals surface area contributed by atoms with Gasteiger partial charge in [-0.1, -0.05) is 30.3 Å². The highest BCUT2D eigenvalue weighted by atomic mass is 32.2. The number of carbonyl (C=O) groups is 2. The molecule has 0 spiro atoms. The first-order valence-electron chi connectivity index (χ1n) is 9.54. The third-order valence-corrected chi connectivity index (χ3v) is 6.13. The average molecular weight is 394 g/mol. The Bertz CT molecular complexity index is 619. The van der Waals surface area contributed by atoms with E-state index in [-0.39, 0.29) is 16.8 Å². The second-order valence-electron chi connectivity index (χ2n) is 7.91. The predicted molar refractivity (Wildman–Crippen MR) is 109 cm³/mol. The summed E-state index contributed by atoms with van der Waals surface area (Å²) in [6.45, 7) is 9.02. The van der Waals surface area contributed by atoms with E-state index in [4.69, 9.17) is 9.47 Å². The SMILES string of the molecule is CCOC(=O)CC1(SCc2ccccc2)CCN(C(=O)OC(C)(C)C)CC1. The molecule has 1 saturated heterocycles. The van der Waals surface area contributed by atoms with Crippen LogP contribution in [0.2, 0.25) is 0 Å². The van der Waals surface area contributed by atoms with Gasteiger partial charge < -0.3 is 14.4 Å². The molecule has 1 heterocycles. The topological polar surface area (TPSA) is 55.8 Å². The van der Waals surface area contributed by atoms with E-state index in [9.17, 15) is 9.59 Å². The summed E-state index contributed by atoms with van der Waals surface area (Å²) in [6.07, 6.45) is 1.60. The fraction of sp³-hybridized carbons (Fsp3) is 0.619. The molecule has 1 amide bonds. The van der Waals surface area contributed by atoms with Crippen LogP contribution in [0, 0.1) is 0 Å². The van der Waals surface area contributed by atoms with Crippen molar-refractivity contribution in [1.82, 2.24) is 4.90 Å². The normalized spacial score (nSPS) is 16.7. The zero-order valence-corrected chi connectivity index (χ0v) is 17.6. The van der Waals surface area contributed by atoms with Gasteiger partial charge in [0.15, 0.2) is 0 Å². The maximum atomic E-state index is 12.3. The first-order chi connectivity index (χ1) is 12.7. The van der Waals surface area contributed by atoms with Crippen molar-refractivity contribution in [3.63, 3.8) is 0 Å². The molecule has 0 atom stereocenters. The van der Waals surface area contributed by atoms with Crippen LogP contribution in [0.1, 0.15) is 52.5 Å². The molecular weight excluding hydrogens is 362 g/mol. The van der Waals surface area contributed by atoms with Gasteiger partial charge in [-0.05, 0) is 46.1 Å². The molecule has 0 aromatic heterocycles. The van der Waals surface area contributed by atoms with Crippen LogP contribution in [0.4, 0.5) is 4.79 Å². The van der Waals surface area contributed by atoms with Crippen LogP contribution in [0.15, 0.2) is 30.3 Å². The van der Waals surface area contributed by atoms with E-state index in [2.05, 4.69) is 12.1 Å². The Labute approximate surface area is 166 Å². The number of piperidine rings is 1. The number of ether oxygens (including phenoxy) is 2. The van der Waals surface area contributed by atoms with Gasteiger partial charge in [0, 0.05) is 23.6 Å². The summed E-state index contributed by atoms with van der Waals surface area (Å²) < 4.78 is 10.5. The number of hydrogen-bond donors (Lipinski definition) is 0. The lowest BCUT2D eigenvalue weighted by Crippen LogP contribution is -2.47. The Hall–Kier alpha value is -1.69. The van der Waals surface area contributed by atoms with Gasteiger partial charge in [-0.3, -0.25) is 4.79 Å². The van der Waals surface area contributed by atoms with Gasteiger partial charge >= 0.3 is 12.1 Å². The molecule has 1 fully saturated rings. The Morgan fingerprint density at radius 2 is 1.78 bits per heavy atom. The standard InChI is InChI=1S/C21H31NO4S/c1-5-25-18(23)15-21(27-16-17-9-7-6-8-10-17)11-13-22(14-12-21)19(24)26-20(2,3)4/h6-10H,5,11-16H2,1-4H3. The second kappa shape index (κ2) is 9.49. The van der Waals surface area contributed by atoms with Crippen molar-refractivity contribution in [2.24, 2.45) is 0 Å². The lowest BCUT2D eigenvalue weighted by Gasteiger charge is -2.41. The van der Waals surface area contributed by atoms with Gasteiger partial charge in [0.25, 0.3) is 0 Å². The largest absolute Gasteiger partial charge is 0.466 e. The molecule has 150 valence electrons. The Kier molecular flexibility index (Phi) is 7.59. The van der Waals surface area contributed by atoms with Gasteiger partial charge in [0.2, 0.25) is 0 Å². The van der Waals surface area contributed by atoms with Crippen LogP contribution in [-0.4, -0.2) is 47.0 Å². The number of carbonyl (C=O) groups excluding carboxylic acids is 2. The van der Waals surface area contributed by atoms with E-state index in [0.717, 1.165) is 18.6 Å². The monoisotopic (exact) mass is 393 g/mol. The van der Waals surface area contributed by atoms with Gasteiger partial charge in [-0.2, -0.15) is 0 Å². The lowest BCUT2D eigenvalue weighted by molar-refractivity contribution is -0.144. The van der Waals surface area contributed by atoms with Crippen LogP contribution < -0.4 is 0 Å². The number of likely N-dealkylation sites (tertiary alicyclic amines) is 1. The summed E-state index contributed by atoms with van der Waals surface area (Å²) in [5.41, 5.74) is 0.735. The molecule has 6 heteroatoms. The van der Waals surface area contributed by atoms with Crippen molar-refractivity contribution < 1.29 is 19.1 Å². The minimum Gasteiger partial charge on any atom is -0.466 e. The Balaban J connectivity index is 2.01. The highest BCUT2D eigenvalue weighted by Crippen LogP contribution is 2.41. The summed E-state index contributed by atoms with van der Waals surface area (Å²) in [5, 5.41) is 0. The van der Waals surface area contributed by atoms with Crippen molar-refractivity contribution in [2.75, 3.05) is 19.7 Å². The van der Waals surface area contributed by atoms with E-state index in [1.54, 1.807) is 16.7 Å². The Morgan fingerprint density at radius 3 is 2.33 bits per heavy atom. The zero-order valence-electron chi connectivity index (χ0n) is 16.8. The summed E-state index contributed by atoms with van der Waals surface area (Å²) in [5.74, 6) is 0.677. The first kappa shape index (κ1) is 21.6. The van der Waals surface area contributed by atoms with E-state index in [1.807, 2.05) is 45.9 Å². The molecule has 0 saturated carbocycles. The molecule has 0 aliphatic carbocycles. The zero-order chi connectivity index (χ0) is 19.9. The van der Waals surface area contributed by atoms with E-state index in [1.165, 1.54) is 5.56 Å². The molecule has 1 aliphatic heterocycles. The lowest BCUT2D eigenvalue weighted by atomic mass is 9.92. The molecule has 0 radical (unpaired) electrons. The molecular formula is C21H31NO4S. The average Bonchev–Trinajstić information content (AvgIpc) is 2.60. The minimum atomic E-state index is -0.501. The molecule has 2 rings (SSSR count). The third kappa shape index (κ3) is 7.09. The first-order valence-corrected chi connectivity index (χ1v) is 10.5. The number of esters is 1. The summed E-state index contributed by atoms with van der Waals surface area (Å²) in [7, 11) is 0. The van der Waals surface area contributed by atoms with Crippen LogP contribution in [0.5, 0.6) is 0 Å². The molecule has 0 N–H and O–H groups in total. The predicted octanol–water partition coefficient (Wildman–Crippen LogP) is 4.64. The summed E-state index contributed by atoms with van der Waals surface area (Å²) >= 11 is 1.80. The van der Waals surface area contributed by atoms with Crippen LogP contribution in [0.3, 0.4) is 0 Å². The van der Waals surface area contributed by atoms with E-state index >= 15 is 0 Å². The third-order valence-electron chi connectivity index (χ3n) is 4.49. The van der Waals surface area contributed by atoms with Crippen molar-refractivity contribution >= 4 is 23.8 Å². The fourth-order valence-electron chi connectivity index (χ4n) is 3.08. The van der Waals surface area contributed by atoms with Crippen LogP contribution in [0.25, 0.3) is 0 Å². The van der Waals surface area contributed by atoms with Gasteiger partial charge in [0.1, 0.15) is 5.60 Å². The highest BCUT2D eigenvalue weighted by Gasteiger charge is 2.39.